The van der Waals surface area contributed by atoms with Gasteiger partial charge in [-0.25, -0.2) is 0 Å². The van der Waals surface area contributed by atoms with Crippen molar-refractivity contribution in [3.8, 4) is 0 Å². The van der Waals surface area contributed by atoms with Crippen LogP contribution >= 0.6 is 0 Å². The molecule has 0 bridgehead atoms. The van der Waals surface area contributed by atoms with Gasteiger partial charge in [-0.3, -0.25) is 4.98 Å². The SMILES string of the molecule is Cc1ccccc1CCC(N)C1CCc2cccnc21. The Labute approximate surface area is 121 Å². The monoisotopic (exact) mass is 266 g/mol. The molecule has 0 amide bonds. The van der Waals surface area contributed by atoms with Crippen molar-refractivity contribution in [2.45, 2.75) is 44.6 Å². The molecule has 0 saturated heterocycles. The first kappa shape index (κ1) is 13.3. The average molecular weight is 266 g/mol. The highest BCUT2D eigenvalue weighted by atomic mass is 14.7. The number of fused-ring (bicyclic) bond motifs is 1. The van der Waals surface area contributed by atoms with E-state index < -0.39 is 0 Å². The van der Waals surface area contributed by atoms with Gasteiger partial charge in [-0.1, -0.05) is 30.3 Å². The summed E-state index contributed by atoms with van der Waals surface area (Å²) in [5.41, 5.74) is 11.9. The largest absolute Gasteiger partial charge is 0.327 e. The topological polar surface area (TPSA) is 38.9 Å². The van der Waals surface area contributed by atoms with E-state index in [0.29, 0.717) is 5.92 Å². The Morgan fingerprint density at radius 1 is 1.25 bits per heavy atom. The molecule has 1 aromatic heterocycles. The third-order valence-electron chi connectivity index (χ3n) is 4.53. The molecule has 1 heterocycles. The number of nitrogens with two attached hydrogens (primary N) is 1. The molecule has 2 N–H and O–H groups in total. The van der Waals surface area contributed by atoms with Gasteiger partial charge >= 0.3 is 0 Å². The second-order valence-electron chi connectivity index (χ2n) is 5.82. The van der Waals surface area contributed by atoms with Crippen LogP contribution in [0, 0.1) is 6.92 Å². The van der Waals surface area contributed by atoms with Crippen molar-refractivity contribution in [3.63, 3.8) is 0 Å². The molecule has 2 nitrogen and oxygen atoms in total. The summed E-state index contributed by atoms with van der Waals surface area (Å²) in [7, 11) is 0. The Bertz CT molecular complexity index is 591. The van der Waals surface area contributed by atoms with Crippen molar-refractivity contribution in [1.82, 2.24) is 4.98 Å². The second kappa shape index (κ2) is 5.76. The van der Waals surface area contributed by atoms with Crippen LogP contribution in [0.2, 0.25) is 0 Å². The van der Waals surface area contributed by atoms with Gasteiger partial charge in [0.15, 0.2) is 0 Å². The predicted octanol–water partition coefficient (Wildman–Crippen LogP) is 3.38. The zero-order chi connectivity index (χ0) is 13.9. The van der Waals surface area contributed by atoms with E-state index in [9.17, 15) is 0 Å². The number of aryl methyl sites for hydroxylation is 3. The molecule has 0 fully saturated rings. The fraction of sp³-hybridized carbons (Fsp3) is 0.389. The number of pyridine rings is 1. The summed E-state index contributed by atoms with van der Waals surface area (Å²) in [6, 6.07) is 13.0. The van der Waals surface area contributed by atoms with Crippen molar-refractivity contribution in [2.24, 2.45) is 5.73 Å². The van der Waals surface area contributed by atoms with Crippen LogP contribution in [0.25, 0.3) is 0 Å². The van der Waals surface area contributed by atoms with E-state index in [2.05, 4.69) is 42.2 Å². The highest BCUT2D eigenvalue weighted by molar-refractivity contribution is 5.30. The van der Waals surface area contributed by atoms with E-state index in [4.69, 9.17) is 5.73 Å². The molecule has 1 aliphatic rings. The summed E-state index contributed by atoms with van der Waals surface area (Å²) < 4.78 is 0. The van der Waals surface area contributed by atoms with Gasteiger partial charge in [0.25, 0.3) is 0 Å². The van der Waals surface area contributed by atoms with Crippen molar-refractivity contribution < 1.29 is 0 Å². The van der Waals surface area contributed by atoms with E-state index in [-0.39, 0.29) is 6.04 Å². The van der Waals surface area contributed by atoms with E-state index in [1.165, 1.54) is 22.4 Å². The zero-order valence-electron chi connectivity index (χ0n) is 12.0. The van der Waals surface area contributed by atoms with Crippen LogP contribution in [0.1, 0.15) is 41.1 Å². The molecule has 3 rings (SSSR count). The maximum atomic E-state index is 6.45. The Morgan fingerprint density at radius 3 is 2.95 bits per heavy atom. The molecule has 0 radical (unpaired) electrons. The van der Waals surface area contributed by atoms with E-state index in [1.807, 2.05) is 12.3 Å². The lowest BCUT2D eigenvalue weighted by Gasteiger charge is -2.20. The Balaban J connectivity index is 1.66. The lowest BCUT2D eigenvalue weighted by Crippen LogP contribution is -2.28. The lowest BCUT2D eigenvalue weighted by atomic mass is 9.91. The van der Waals surface area contributed by atoms with Crippen LogP contribution in [0.5, 0.6) is 0 Å². The summed E-state index contributed by atoms with van der Waals surface area (Å²) in [4.78, 5) is 4.55. The molecule has 0 saturated carbocycles. The van der Waals surface area contributed by atoms with Crippen LogP contribution < -0.4 is 5.73 Å². The minimum atomic E-state index is 0.214. The molecule has 0 spiro atoms. The van der Waals surface area contributed by atoms with Crippen LogP contribution in [0.3, 0.4) is 0 Å². The first-order valence-electron chi connectivity index (χ1n) is 7.49. The van der Waals surface area contributed by atoms with Crippen molar-refractivity contribution in [3.05, 3.63) is 65.0 Å². The highest BCUT2D eigenvalue weighted by Crippen LogP contribution is 2.34. The summed E-state index contributed by atoms with van der Waals surface area (Å²) in [6.07, 6.45) is 6.27. The van der Waals surface area contributed by atoms with Crippen molar-refractivity contribution in [2.75, 3.05) is 0 Å². The molecular weight excluding hydrogens is 244 g/mol. The molecule has 1 aliphatic carbocycles. The van der Waals surface area contributed by atoms with Gasteiger partial charge in [0.05, 0.1) is 0 Å². The fourth-order valence-corrected chi connectivity index (χ4v) is 3.27. The number of aromatic nitrogens is 1. The minimum absolute atomic E-state index is 0.214. The number of hydrogen-bond acceptors (Lipinski definition) is 2. The summed E-state index contributed by atoms with van der Waals surface area (Å²) in [5.74, 6) is 0.440. The van der Waals surface area contributed by atoms with Crippen LogP contribution in [-0.4, -0.2) is 11.0 Å². The van der Waals surface area contributed by atoms with Gasteiger partial charge < -0.3 is 5.73 Å². The van der Waals surface area contributed by atoms with Crippen LogP contribution in [0.15, 0.2) is 42.6 Å². The lowest BCUT2D eigenvalue weighted by molar-refractivity contribution is 0.489. The zero-order valence-corrected chi connectivity index (χ0v) is 12.0. The van der Waals surface area contributed by atoms with Gasteiger partial charge in [0.2, 0.25) is 0 Å². The first-order valence-corrected chi connectivity index (χ1v) is 7.49. The van der Waals surface area contributed by atoms with E-state index >= 15 is 0 Å². The Morgan fingerprint density at radius 2 is 2.10 bits per heavy atom. The van der Waals surface area contributed by atoms with E-state index in [0.717, 1.165) is 25.7 Å². The highest BCUT2D eigenvalue weighted by Gasteiger charge is 2.28. The van der Waals surface area contributed by atoms with E-state index in [1.54, 1.807) is 0 Å². The van der Waals surface area contributed by atoms with Gasteiger partial charge in [0, 0.05) is 23.9 Å². The fourth-order valence-electron chi connectivity index (χ4n) is 3.27. The molecule has 2 heteroatoms. The predicted molar refractivity (Wildman–Crippen MR) is 82.8 cm³/mol. The Hall–Kier alpha value is -1.67. The van der Waals surface area contributed by atoms with Crippen molar-refractivity contribution >= 4 is 0 Å². The van der Waals surface area contributed by atoms with Crippen LogP contribution in [-0.2, 0) is 12.8 Å². The minimum Gasteiger partial charge on any atom is -0.327 e. The van der Waals surface area contributed by atoms with Gasteiger partial charge in [0.1, 0.15) is 0 Å². The molecule has 2 aromatic rings. The third kappa shape index (κ3) is 2.61. The molecular formula is C18H22N2. The van der Waals surface area contributed by atoms with Crippen LogP contribution in [0.4, 0.5) is 0 Å². The molecule has 1 aromatic carbocycles. The molecule has 2 atom stereocenters. The second-order valence-corrected chi connectivity index (χ2v) is 5.82. The van der Waals surface area contributed by atoms with Gasteiger partial charge in [-0.15, -0.1) is 0 Å². The number of nitrogens with zero attached hydrogens (tertiary/aromatic N) is 1. The van der Waals surface area contributed by atoms with Gasteiger partial charge in [-0.2, -0.15) is 0 Å². The quantitative estimate of drug-likeness (QED) is 0.921. The van der Waals surface area contributed by atoms with Crippen molar-refractivity contribution in [1.29, 1.82) is 0 Å². The van der Waals surface area contributed by atoms with Gasteiger partial charge in [-0.05, 0) is 55.4 Å². The summed E-state index contributed by atoms with van der Waals surface area (Å²) >= 11 is 0. The summed E-state index contributed by atoms with van der Waals surface area (Å²) in [6.45, 7) is 2.17. The number of hydrogen-bond donors (Lipinski definition) is 1. The normalized spacial score (nSPS) is 18.8. The summed E-state index contributed by atoms with van der Waals surface area (Å²) in [5, 5.41) is 0. The number of rotatable bonds is 4. The number of benzene rings is 1. The molecule has 2 unspecified atom stereocenters. The molecule has 104 valence electrons. The first-order chi connectivity index (χ1) is 9.75. The molecule has 20 heavy (non-hydrogen) atoms. The average Bonchev–Trinajstić information content (AvgIpc) is 2.90. The standard InChI is InChI=1S/C18H22N2/c1-13-5-2-3-6-14(13)9-11-17(19)16-10-8-15-7-4-12-20-18(15)16/h2-7,12,16-17H,8-11,19H2,1H3. The molecule has 0 aliphatic heterocycles. The smallest absolute Gasteiger partial charge is 0.0482 e. The third-order valence-corrected chi connectivity index (χ3v) is 4.53. The maximum Gasteiger partial charge on any atom is 0.0482 e. The Kier molecular flexibility index (Phi) is 3.83. The maximum absolute atomic E-state index is 6.45.